The smallest absolute Gasteiger partial charge is 0.348 e. The molecule has 0 fully saturated rings. The highest BCUT2D eigenvalue weighted by molar-refractivity contribution is 8.13. The summed E-state index contributed by atoms with van der Waals surface area (Å²) in [7, 11) is 1.28. The Kier molecular flexibility index (Phi) is 5.65. The van der Waals surface area contributed by atoms with E-state index in [1.807, 2.05) is 0 Å². The molecule has 0 aliphatic heterocycles. The van der Waals surface area contributed by atoms with Crippen LogP contribution in [-0.4, -0.2) is 14.3 Å². The van der Waals surface area contributed by atoms with Gasteiger partial charge in [-0.25, -0.2) is 8.42 Å². The molecule has 25 heavy (non-hydrogen) atoms. The molecule has 4 nitrogen and oxygen atoms in total. The van der Waals surface area contributed by atoms with Crippen molar-refractivity contribution in [2.45, 2.75) is 17.6 Å². The SMILES string of the molecule is O=C(NCc1ccc(C(F)(F)F)c(Cl)c1)c1ccc(S(=O)(=O)Cl)cc1. The van der Waals surface area contributed by atoms with Gasteiger partial charge < -0.3 is 5.32 Å². The first-order chi connectivity index (χ1) is 11.5. The van der Waals surface area contributed by atoms with Crippen LogP contribution < -0.4 is 5.32 Å². The lowest BCUT2D eigenvalue weighted by Gasteiger charge is -2.11. The number of amides is 1. The zero-order valence-electron chi connectivity index (χ0n) is 12.3. The van der Waals surface area contributed by atoms with Gasteiger partial charge in [0.25, 0.3) is 15.0 Å². The minimum atomic E-state index is -4.55. The maximum atomic E-state index is 12.6. The van der Waals surface area contributed by atoms with Gasteiger partial charge in [-0.2, -0.15) is 13.2 Å². The molecule has 0 radical (unpaired) electrons. The summed E-state index contributed by atoms with van der Waals surface area (Å²) >= 11 is 5.60. The zero-order chi connectivity index (χ0) is 18.8. The van der Waals surface area contributed by atoms with Crippen molar-refractivity contribution in [3.63, 3.8) is 0 Å². The van der Waals surface area contributed by atoms with Crippen LogP contribution in [0.4, 0.5) is 13.2 Å². The van der Waals surface area contributed by atoms with Gasteiger partial charge >= 0.3 is 6.18 Å². The van der Waals surface area contributed by atoms with Crippen LogP contribution >= 0.6 is 22.3 Å². The second-order valence-corrected chi connectivity index (χ2v) is 7.93. The summed E-state index contributed by atoms with van der Waals surface area (Å²) in [4.78, 5) is 11.8. The fraction of sp³-hybridized carbons (Fsp3) is 0.133. The molecule has 0 saturated carbocycles. The fourth-order valence-electron chi connectivity index (χ4n) is 1.95. The van der Waals surface area contributed by atoms with Gasteiger partial charge in [-0.1, -0.05) is 17.7 Å². The number of halogens is 5. The van der Waals surface area contributed by atoms with E-state index in [9.17, 15) is 26.4 Å². The van der Waals surface area contributed by atoms with Crippen LogP contribution in [-0.2, 0) is 21.8 Å². The highest BCUT2D eigenvalue weighted by atomic mass is 35.7. The van der Waals surface area contributed by atoms with E-state index in [-0.39, 0.29) is 17.0 Å². The molecule has 0 aromatic heterocycles. The molecule has 0 unspecified atom stereocenters. The van der Waals surface area contributed by atoms with Crippen LogP contribution in [0, 0.1) is 0 Å². The molecule has 1 amide bonds. The minimum absolute atomic E-state index is 0.0494. The highest BCUT2D eigenvalue weighted by Gasteiger charge is 2.32. The zero-order valence-corrected chi connectivity index (χ0v) is 14.6. The fourth-order valence-corrected chi connectivity index (χ4v) is 3.03. The van der Waals surface area contributed by atoms with Crippen LogP contribution in [0.1, 0.15) is 21.5 Å². The van der Waals surface area contributed by atoms with Crippen molar-refractivity contribution in [3.05, 3.63) is 64.2 Å². The summed E-state index contributed by atoms with van der Waals surface area (Å²) in [6.45, 7) is -0.0494. The van der Waals surface area contributed by atoms with E-state index in [0.717, 1.165) is 12.1 Å². The number of benzene rings is 2. The Hall–Kier alpha value is -1.77. The highest BCUT2D eigenvalue weighted by Crippen LogP contribution is 2.34. The Labute approximate surface area is 151 Å². The Morgan fingerprint density at radius 3 is 2.16 bits per heavy atom. The Bertz CT molecular complexity index is 897. The Morgan fingerprint density at radius 2 is 1.68 bits per heavy atom. The van der Waals surface area contributed by atoms with Gasteiger partial charge in [0.05, 0.1) is 15.5 Å². The number of hydrogen-bond donors (Lipinski definition) is 1. The first kappa shape index (κ1) is 19.6. The van der Waals surface area contributed by atoms with E-state index < -0.39 is 31.7 Å². The maximum Gasteiger partial charge on any atom is 0.417 e. The maximum absolute atomic E-state index is 12.6. The Balaban J connectivity index is 2.06. The molecule has 0 aliphatic rings. The molecule has 0 saturated heterocycles. The predicted molar refractivity (Wildman–Crippen MR) is 87.1 cm³/mol. The third-order valence-electron chi connectivity index (χ3n) is 3.19. The largest absolute Gasteiger partial charge is 0.417 e. The predicted octanol–water partition coefficient (Wildman–Crippen LogP) is 4.22. The van der Waals surface area contributed by atoms with Crippen LogP contribution in [0.3, 0.4) is 0 Å². The molecule has 134 valence electrons. The average molecular weight is 412 g/mol. The summed E-state index contributed by atoms with van der Waals surface area (Å²) in [5, 5.41) is 2.04. The normalized spacial score (nSPS) is 12.0. The first-order valence-corrected chi connectivity index (χ1v) is 9.36. The van der Waals surface area contributed by atoms with E-state index in [0.29, 0.717) is 5.56 Å². The van der Waals surface area contributed by atoms with Crippen molar-refractivity contribution in [1.29, 1.82) is 0 Å². The van der Waals surface area contributed by atoms with Crippen molar-refractivity contribution in [2.24, 2.45) is 0 Å². The molecule has 0 aliphatic carbocycles. The van der Waals surface area contributed by atoms with Gasteiger partial charge in [-0.05, 0) is 42.0 Å². The topological polar surface area (TPSA) is 63.2 Å². The molecule has 0 spiro atoms. The lowest BCUT2D eigenvalue weighted by molar-refractivity contribution is -0.137. The van der Waals surface area contributed by atoms with Crippen LogP contribution in [0.5, 0.6) is 0 Å². The number of carbonyl (C=O) groups excluding carboxylic acids is 1. The minimum Gasteiger partial charge on any atom is -0.348 e. The molecule has 2 aromatic carbocycles. The van der Waals surface area contributed by atoms with E-state index in [4.69, 9.17) is 22.3 Å². The van der Waals surface area contributed by atoms with Crippen molar-refractivity contribution >= 4 is 37.2 Å². The molecule has 1 N–H and O–H groups in total. The third kappa shape index (κ3) is 5.10. The van der Waals surface area contributed by atoms with E-state index in [1.54, 1.807) is 0 Å². The van der Waals surface area contributed by atoms with Crippen molar-refractivity contribution in [3.8, 4) is 0 Å². The van der Waals surface area contributed by atoms with Gasteiger partial charge in [0.15, 0.2) is 0 Å². The number of nitrogens with one attached hydrogen (secondary N) is 1. The molecule has 2 aromatic rings. The summed E-state index contributed by atoms with van der Waals surface area (Å²) in [6, 6.07) is 8.04. The average Bonchev–Trinajstić information content (AvgIpc) is 2.50. The number of rotatable bonds is 4. The second kappa shape index (κ2) is 7.23. The summed E-state index contributed by atoms with van der Waals surface area (Å²) < 4.78 is 60.1. The molecule has 0 bridgehead atoms. The van der Waals surface area contributed by atoms with E-state index >= 15 is 0 Å². The van der Waals surface area contributed by atoms with Crippen molar-refractivity contribution < 1.29 is 26.4 Å². The molecule has 2 rings (SSSR count). The quantitative estimate of drug-likeness (QED) is 0.766. The number of carbonyl (C=O) groups is 1. The van der Waals surface area contributed by atoms with Gasteiger partial charge in [0.2, 0.25) is 0 Å². The molecule has 0 heterocycles. The van der Waals surface area contributed by atoms with Crippen LogP contribution in [0.2, 0.25) is 5.02 Å². The number of alkyl halides is 3. The molecule has 0 atom stereocenters. The van der Waals surface area contributed by atoms with Gasteiger partial charge in [0.1, 0.15) is 0 Å². The third-order valence-corrected chi connectivity index (χ3v) is 4.87. The van der Waals surface area contributed by atoms with Crippen LogP contribution in [0.15, 0.2) is 47.4 Å². The summed E-state index contributed by atoms with van der Waals surface area (Å²) in [5.41, 5.74) is -0.407. The second-order valence-electron chi connectivity index (χ2n) is 4.96. The first-order valence-electron chi connectivity index (χ1n) is 6.67. The Morgan fingerprint density at radius 1 is 1.08 bits per heavy atom. The van der Waals surface area contributed by atoms with Gasteiger partial charge in [-0.15, -0.1) is 0 Å². The summed E-state index contributed by atoms with van der Waals surface area (Å²) in [6.07, 6.45) is -4.55. The summed E-state index contributed by atoms with van der Waals surface area (Å²) in [5.74, 6) is -0.533. The molecule has 10 heteroatoms. The molecular formula is C15H10Cl2F3NO3S. The lowest BCUT2D eigenvalue weighted by Crippen LogP contribution is -2.22. The monoisotopic (exact) mass is 411 g/mol. The molecular weight excluding hydrogens is 402 g/mol. The van der Waals surface area contributed by atoms with Gasteiger partial charge in [-0.3, -0.25) is 4.79 Å². The van der Waals surface area contributed by atoms with Crippen molar-refractivity contribution in [2.75, 3.05) is 0 Å². The lowest BCUT2D eigenvalue weighted by atomic mass is 10.1. The van der Waals surface area contributed by atoms with Gasteiger partial charge in [0, 0.05) is 22.8 Å². The van der Waals surface area contributed by atoms with Crippen molar-refractivity contribution in [1.82, 2.24) is 5.32 Å². The van der Waals surface area contributed by atoms with E-state index in [1.165, 1.54) is 30.3 Å². The number of hydrogen-bond acceptors (Lipinski definition) is 3. The standard InChI is InChI=1S/C15H10Cl2F3NO3S/c16-13-7-9(1-6-12(13)15(18,19)20)8-21-14(22)10-2-4-11(5-3-10)25(17,23)24/h1-7H,8H2,(H,21,22). The van der Waals surface area contributed by atoms with E-state index in [2.05, 4.69) is 5.32 Å². The van der Waals surface area contributed by atoms with Crippen LogP contribution in [0.25, 0.3) is 0 Å².